The molecule has 2 N–H and O–H groups in total. The number of phenols is 1. The lowest BCUT2D eigenvalue weighted by molar-refractivity contribution is -0.137. The first-order chi connectivity index (χ1) is 14.9. The Bertz CT molecular complexity index is 1510. The zero-order valence-corrected chi connectivity index (χ0v) is 15.6. The average Bonchev–Trinajstić information content (AvgIpc) is 3.05. The van der Waals surface area contributed by atoms with Crippen molar-refractivity contribution in [3.63, 3.8) is 0 Å². The predicted octanol–water partition coefficient (Wildman–Crippen LogP) is 2.50. The number of ether oxygens (including phenoxy) is 1. The highest BCUT2D eigenvalue weighted by Crippen LogP contribution is 2.41. The number of nitrogens with zero attached hydrogens (tertiary/aromatic N) is 4. The lowest BCUT2D eigenvalue weighted by Crippen LogP contribution is -2.32. The predicted molar refractivity (Wildman–Crippen MR) is 105 cm³/mol. The number of alkyl halides is 3. The monoisotopic (exact) mass is 423 g/mol. The first-order valence-electron chi connectivity index (χ1n) is 9.27. The number of aromatic hydroxyl groups is 1. The zero-order chi connectivity index (χ0) is 21.3. The van der Waals surface area contributed by atoms with Crippen LogP contribution in [0.25, 0.3) is 34.1 Å². The van der Waals surface area contributed by atoms with Crippen molar-refractivity contribution < 1.29 is 23.0 Å². The molecule has 1 aromatic carbocycles. The van der Waals surface area contributed by atoms with Crippen LogP contribution in [-0.2, 0) is 6.18 Å². The summed E-state index contributed by atoms with van der Waals surface area (Å²) < 4.78 is 45.5. The number of H-pyrrole nitrogens is 1. The molecule has 0 spiro atoms. The van der Waals surface area contributed by atoms with Gasteiger partial charge in [0.1, 0.15) is 24.1 Å². The molecule has 0 unspecified atom stereocenters. The maximum Gasteiger partial charge on any atom is 0.416 e. The number of benzene rings is 1. The summed E-state index contributed by atoms with van der Waals surface area (Å²) in [5.74, 6) is 0.411. The molecule has 0 atom stereocenters. The van der Waals surface area contributed by atoms with E-state index in [1.165, 1.54) is 12.4 Å². The van der Waals surface area contributed by atoms with Crippen LogP contribution in [0.2, 0.25) is 0 Å². The maximum atomic E-state index is 13.2. The van der Waals surface area contributed by atoms with Gasteiger partial charge >= 0.3 is 6.18 Å². The largest absolute Gasteiger partial charge is 0.507 e. The normalized spacial score (nSPS) is 14.7. The van der Waals surface area contributed by atoms with Gasteiger partial charge < -0.3 is 14.8 Å². The minimum Gasteiger partial charge on any atom is -0.507 e. The van der Waals surface area contributed by atoms with Crippen LogP contribution in [0.4, 0.5) is 19.0 Å². The second-order valence-electron chi connectivity index (χ2n) is 7.20. The summed E-state index contributed by atoms with van der Waals surface area (Å²) >= 11 is 0. The van der Waals surface area contributed by atoms with Crippen molar-refractivity contribution >= 4 is 28.6 Å². The molecule has 0 radical (unpaired) electrons. The first kappa shape index (κ1) is 17.8. The number of aromatic amines is 1. The summed E-state index contributed by atoms with van der Waals surface area (Å²) in [6, 6.07) is 8.07. The van der Waals surface area contributed by atoms with E-state index in [2.05, 4.69) is 19.9 Å². The van der Waals surface area contributed by atoms with Crippen LogP contribution in [0.15, 0.2) is 42.7 Å². The van der Waals surface area contributed by atoms with Gasteiger partial charge in [-0.15, -0.1) is 0 Å². The summed E-state index contributed by atoms with van der Waals surface area (Å²) in [6.07, 6.45) is -1.29. The van der Waals surface area contributed by atoms with Gasteiger partial charge in [0.25, 0.3) is 0 Å². The van der Waals surface area contributed by atoms with Crippen molar-refractivity contribution in [2.45, 2.75) is 6.18 Å². The second-order valence-corrected chi connectivity index (χ2v) is 7.20. The minimum atomic E-state index is -4.55. The molecule has 7 nitrogen and oxygen atoms in total. The van der Waals surface area contributed by atoms with E-state index in [0.717, 1.165) is 34.6 Å². The number of halogens is 3. The number of pyridine rings is 1. The van der Waals surface area contributed by atoms with Crippen molar-refractivity contribution in [2.24, 2.45) is 0 Å². The fraction of sp³-hybridized carbons (Fsp3) is 0.0952. The molecule has 0 amide bonds. The van der Waals surface area contributed by atoms with Gasteiger partial charge in [-0.25, -0.2) is 15.0 Å². The van der Waals surface area contributed by atoms with Gasteiger partial charge in [0.2, 0.25) is 5.88 Å². The van der Waals surface area contributed by atoms with Crippen LogP contribution < -0.4 is 20.3 Å². The summed E-state index contributed by atoms with van der Waals surface area (Å²) in [6.45, 7) is 0.160. The average molecular weight is 423 g/mol. The lowest BCUT2D eigenvalue weighted by atomic mass is 10.0. The Morgan fingerprint density at radius 3 is 2.81 bits per heavy atom. The topological polar surface area (TPSA) is 87.2 Å². The van der Waals surface area contributed by atoms with E-state index in [0.29, 0.717) is 16.7 Å². The third kappa shape index (κ3) is 2.64. The molecule has 2 aliphatic heterocycles. The summed E-state index contributed by atoms with van der Waals surface area (Å²) in [5.41, 5.74) is 0.420. The van der Waals surface area contributed by atoms with E-state index in [4.69, 9.17) is 4.74 Å². The second kappa shape index (κ2) is 5.97. The van der Waals surface area contributed by atoms with Crippen LogP contribution in [0.1, 0.15) is 5.56 Å². The van der Waals surface area contributed by atoms with Crippen LogP contribution in [0.5, 0.6) is 11.6 Å². The number of hydrogen-bond donors (Lipinski definition) is 2. The first-order valence-corrected chi connectivity index (χ1v) is 9.27. The molecule has 4 aromatic rings. The minimum absolute atomic E-state index is 0.0634. The standard InChI is InChI=1S/C21H12F3N5O2/c22-21(23,24)10-1-4-17(30)12(5-10)14-6-15-18-19(26-9-25-15)29-7-11-2-3-13(27-11)16(29)8-31-20(18)28-14/h1-7,9,27,30H,8H2. The molecule has 31 heavy (non-hydrogen) atoms. The highest BCUT2D eigenvalue weighted by molar-refractivity contribution is 6.01. The van der Waals surface area contributed by atoms with Gasteiger partial charge in [0.05, 0.1) is 33.2 Å². The van der Waals surface area contributed by atoms with E-state index in [-0.39, 0.29) is 29.5 Å². The number of anilines is 1. The van der Waals surface area contributed by atoms with Crippen LogP contribution in [0, 0.1) is 0 Å². The molecule has 0 saturated heterocycles. The van der Waals surface area contributed by atoms with Crippen molar-refractivity contribution in [3.8, 4) is 22.9 Å². The number of fused-ring (bicyclic) bond motifs is 4. The van der Waals surface area contributed by atoms with E-state index >= 15 is 0 Å². The van der Waals surface area contributed by atoms with Crippen LogP contribution in [-0.4, -0.2) is 31.6 Å². The smallest absolute Gasteiger partial charge is 0.416 e. The molecule has 10 heteroatoms. The van der Waals surface area contributed by atoms with E-state index in [9.17, 15) is 18.3 Å². The Morgan fingerprint density at radius 1 is 1.10 bits per heavy atom. The molecule has 6 rings (SSSR count). The van der Waals surface area contributed by atoms with Crippen LogP contribution in [0.3, 0.4) is 0 Å². The van der Waals surface area contributed by atoms with Gasteiger partial charge in [-0.05, 0) is 36.4 Å². The molecule has 2 aliphatic rings. The Balaban J connectivity index is 1.58. The highest BCUT2D eigenvalue weighted by Gasteiger charge is 2.32. The van der Waals surface area contributed by atoms with Gasteiger partial charge in [-0.2, -0.15) is 13.2 Å². The molecular formula is C21H12F3N5O2. The van der Waals surface area contributed by atoms with Crippen molar-refractivity contribution in [1.29, 1.82) is 0 Å². The molecule has 3 aromatic heterocycles. The van der Waals surface area contributed by atoms with Crippen molar-refractivity contribution in [1.82, 2.24) is 19.9 Å². The Morgan fingerprint density at radius 2 is 1.97 bits per heavy atom. The molecule has 2 bridgehead atoms. The van der Waals surface area contributed by atoms with Gasteiger partial charge in [-0.1, -0.05) is 0 Å². The summed E-state index contributed by atoms with van der Waals surface area (Å²) in [4.78, 5) is 18.2. The number of hydrogen-bond acceptors (Lipinski definition) is 6. The quantitative estimate of drug-likeness (QED) is 0.489. The van der Waals surface area contributed by atoms with E-state index in [1.807, 2.05) is 23.2 Å². The molecule has 0 fully saturated rings. The molecular weight excluding hydrogens is 411 g/mol. The summed E-state index contributed by atoms with van der Waals surface area (Å²) in [7, 11) is 0. The lowest BCUT2D eigenvalue weighted by Gasteiger charge is -2.21. The molecule has 5 heterocycles. The Labute approximate surface area is 171 Å². The van der Waals surface area contributed by atoms with Gasteiger partial charge in [0.15, 0.2) is 5.82 Å². The third-order valence-corrected chi connectivity index (χ3v) is 5.32. The Hall–Kier alpha value is -4.08. The number of aromatic nitrogens is 4. The van der Waals surface area contributed by atoms with Gasteiger partial charge in [0, 0.05) is 11.8 Å². The fourth-order valence-corrected chi connectivity index (χ4v) is 3.85. The zero-order valence-electron chi connectivity index (χ0n) is 15.6. The number of rotatable bonds is 1. The summed E-state index contributed by atoms with van der Waals surface area (Å²) in [5, 5.41) is 12.5. The van der Waals surface area contributed by atoms with E-state index < -0.39 is 11.7 Å². The SMILES string of the molecule is Oc1ccc(C(F)(F)F)cc1-c1cc2ncnc3c2c(n1)OCC1=c2ccc([nH]2)=CN13. The van der Waals surface area contributed by atoms with Crippen molar-refractivity contribution in [2.75, 3.05) is 11.5 Å². The maximum absolute atomic E-state index is 13.2. The molecule has 0 aliphatic carbocycles. The van der Waals surface area contributed by atoms with E-state index in [1.54, 1.807) is 0 Å². The number of phenolic OH excluding ortho intramolecular Hbond substituents is 1. The Kier molecular flexibility index (Phi) is 3.42. The van der Waals surface area contributed by atoms with Crippen LogP contribution >= 0.6 is 0 Å². The third-order valence-electron chi connectivity index (χ3n) is 5.32. The van der Waals surface area contributed by atoms with Gasteiger partial charge in [-0.3, -0.25) is 4.90 Å². The van der Waals surface area contributed by atoms with Crippen molar-refractivity contribution in [3.05, 3.63) is 59.0 Å². The highest BCUT2D eigenvalue weighted by atomic mass is 19.4. The molecule has 0 saturated carbocycles. The number of nitrogens with one attached hydrogen (secondary N) is 1. The molecule has 154 valence electrons. The fourth-order valence-electron chi connectivity index (χ4n) is 3.85.